The molecule has 17 heavy (non-hydrogen) atoms. The van der Waals surface area contributed by atoms with Gasteiger partial charge in [0.1, 0.15) is 0 Å². The maximum Gasteiger partial charge on any atom is 0.248 e. The molecule has 0 bridgehead atoms. The van der Waals surface area contributed by atoms with Gasteiger partial charge in [-0.2, -0.15) is 0 Å². The minimum atomic E-state index is -0.312. The van der Waals surface area contributed by atoms with Gasteiger partial charge in [0.15, 0.2) is 0 Å². The third-order valence-corrected chi connectivity index (χ3v) is 3.94. The highest BCUT2D eigenvalue weighted by molar-refractivity contribution is 5.94. The molecule has 0 aliphatic heterocycles. The van der Waals surface area contributed by atoms with E-state index in [4.69, 9.17) is 5.73 Å². The topological polar surface area (TPSA) is 43.1 Å². The molecule has 1 amide bonds. The van der Waals surface area contributed by atoms with Crippen molar-refractivity contribution in [3.05, 3.63) is 34.9 Å². The van der Waals surface area contributed by atoms with Crippen LogP contribution in [-0.2, 0) is 6.42 Å². The van der Waals surface area contributed by atoms with Crippen molar-refractivity contribution in [1.82, 2.24) is 0 Å². The van der Waals surface area contributed by atoms with Crippen molar-refractivity contribution in [1.29, 1.82) is 0 Å². The molecular formula is C15H21NO. The van der Waals surface area contributed by atoms with Crippen molar-refractivity contribution in [2.24, 2.45) is 11.7 Å². The van der Waals surface area contributed by atoms with Crippen molar-refractivity contribution >= 4 is 5.91 Å². The molecule has 1 fully saturated rings. The number of amides is 1. The van der Waals surface area contributed by atoms with Crippen LogP contribution in [0.3, 0.4) is 0 Å². The van der Waals surface area contributed by atoms with E-state index in [0.717, 1.165) is 17.9 Å². The van der Waals surface area contributed by atoms with E-state index in [1.54, 1.807) is 0 Å². The van der Waals surface area contributed by atoms with Gasteiger partial charge in [-0.25, -0.2) is 0 Å². The van der Waals surface area contributed by atoms with Crippen LogP contribution in [0.2, 0.25) is 0 Å². The van der Waals surface area contributed by atoms with E-state index in [-0.39, 0.29) is 5.91 Å². The number of benzene rings is 1. The van der Waals surface area contributed by atoms with E-state index < -0.39 is 0 Å². The summed E-state index contributed by atoms with van der Waals surface area (Å²) in [5.74, 6) is 0.485. The number of rotatable bonds is 3. The molecule has 0 aromatic heterocycles. The van der Waals surface area contributed by atoms with Crippen LogP contribution in [0.15, 0.2) is 18.2 Å². The lowest BCUT2D eigenvalue weighted by molar-refractivity contribution is 0.0999. The molecule has 2 rings (SSSR count). The number of carbonyl (C=O) groups excluding carboxylic acids is 1. The normalized spacial score (nSPS) is 17.0. The zero-order valence-electron chi connectivity index (χ0n) is 10.5. The summed E-state index contributed by atoms with van der Waals surface area (Å²) in [5.41, 5.74) is 8.43. The van der Waals surface area contributed by atoms with Gasteiger partial charge in [0, 0.05) is 5.56 Å². The van der Waals surface area contributed by atoms with Crippen LogP contribution in [-0.4, -0.2) is 5.91 Å². The smallest absolute Gasteiger partial charge is 0.248 e. The molecule has 0 atom stereocenters. The average Bonchev–Trinajstić information content (AvgIpc) is 2.33. The van der Waals surface area contributed by atoms with Crippen LogP contribution in [0.1, 0.15) is 53.6 Å². The van der Waals surface area contributed by atoms with Crippen molar-refractivity contribution in [2.75, 3.05) is 0 Å². The maximum absolute atomic E-state index is 11.3. The number of hydrogen-bond acceptors (Lipinski definition) is 1. The van der Waals surface area contributed by atoms with Gasteiger partial charge >= 0.3 is 0 Å². The van der Waals surface area contributed by atoms with Crippen molar-refractivity contribution in [3.8, 4) is 0 Å². The Bertz CT molecular complexity index is 405. The summed E-state index contributed by atoms with van der Waals surface area (Å²) < 4.78 is 0. The van der Waals surface area contributed by atoms with Crippen LogP contribution in [0.5, 0.6) is 0 Å². The van der Waals surface area contributed by atoms with Gasteiger partial charge in [-0.3, -0.25) is 4.79 Å². The van der Waals surface area contributed by atoms with Gasteiger partial charge in [-0.15, -0.1) is 0 Å². The zero-order chi connectivity index (χ0) is 12.3. The molecule has 1 aliphatic carbocycles. The summed E-state index contributed by atoms with van der Waals surface area (Å²) in [7, 11) is 0. The highest BCUT2D eigenvalue weighted by Crippen LogP contribution is 2.28. The lowest BCUT2D eigenvalue weighted by atomic mass is 9.83. The molecule has 1 aromatic carbocycles. The molecule has 2 N–H and O–H groups in total. The highest BCUT2D eigenvalue weighted by atomic mass is 16.1. The molecule has 0 saturated heterocycles. The van der Waals surface area contributed by atoms with E-state index in [0.29, 0.717) is 5.56 Å². The third kappa shape index (κ3) is 2.87. The highest BCUT2D eigenvalue weighted by Gasteiger charge is 2.16. The standard InChI is InChI=1S/C15H21NO/c1-11-13(8-5-9-14(11)15(16)17)10-12-6-3-2-4-7-12/h5,8-9,12H,2-4,6-7,10H2,1H3,(H2,16,17). The Hall–Kier alpha value is -1.31. The van der Waals surface area contributed by atoms with Gasteiger partial charge in [0.25, 0.3) is 0 Å². The lowest BCUT2D eigenvalue weighted by Gasteiger charge is -2.22. The fourth-order valence-electron chi connectivity index (χ4n) is 2.87. The summed E-state index contributed by atoms with van der Waals surface area (Å²) in [6.07, 6.45) is 7.88. The number of nitrogens with two attached hydrogens (primary N) is 1. The first-order valence-electron chi connectivity index (χ1n) is 6.57. The molecule has 1 saturated carbocycles. The van der Waals surface area contributed by atoms with E-state index >= 15 is 0 Å². The Morgan fingerprint density at radius 1 is 1.29 bits per heavy atom. The number of carbonyl (C=O) groups is 1. The molecule has 0 radical (unpaired) electrons. The molecule has 0 heterocycles. The quantitative estimate of drug-likeness (QED) is 0.852. The number of hydrogen-bond donors (Lipinski definition) is 1. The molecular weight excluding hydrogens is 210 g/mol. The Kier molecular flexibility index (Phi) is 3.82. The summed E-state index contributed by atoms with van der Waals surface area (Å²) in [6.45, 7) is 2.01. The maximum atomic E-state index is 11.3. The summed E-state index contributed by atoms with van der Waals surface area (Å²) in [5, 5.41) is 0. The molecule has 0 unspecified atom stereocenters. The average molecular weight is 231 g/mol. The minimum absolute atomic E-state index is 0.312. The third-order valence-electron chi connectivity index (χ3n) is 3.94. The first-order chi connectivity index (χ1) is 8.18. The molecule has 1 aromatic rings. The zero-order valence-corrected chi connectivity index (χ0v) is 10.5. The van der Waals surface area contributed by atoms with Crippen molar-refractivity contribution in [2.45, 2.75) is 45.4 Å². The first kappa shape index (κ1) is 12.2. The van der Waals surface area contributed by atoms with Crippen LogP contribution >= 0.6 is 0 Å². The second-order valence-corrected chi connectivity index (χ2v) is 5.16. The van der Waals surface area contributed by atoms with Crippen molar-refractivity contribution < 1.29 is 4.79 Å². The molecule has 0 spiro atoms. The Balaban J connectivity index is 2.15. The number of primary amides is 1. The largest absolute Gasteiger partial charge is 0.366 e. The Labute approximate surface area is 103 Å². The second-order valence-electron chi connectivity index (χ2n) is 5.16. The van der Waals surface area contributed by atoms with E-state index in [9.17, 15) is 4.79 Å². The first-order valence-corrected chi connectivity index (χ1v) is 6.57. The Morgan fingerprint density at radius 2 is 2.00 bits per heavy atom. The van der Waals surface area contributed by atoms with Crippen LogP contribution in [0, 0.1) is 12.8 Å². The predicted octanol–water partition coefficient (Wildman–Crippen LogP) is 3.22. The summed E-state index contributed by atoms with van der Waals surface area (Å²) in [6, 6.07) is 5.91. The van der Waals surface area contributed by atoms with Gasteiger partial charge < -0.3 is 5.73 Å². The van der Waals surface area contributed by atoms with Gasteiger partial charge in [-0.05, 0) is 36.5 Å². The van der Waals surface area contributed by atoms with Crippen LogP contribution < -0.4 is 5.73 Å². The molecule has 2 heteroatoms. The van der Waals surface area contributed by atoms with E-state index in [2.05, 4.69) is 6.07 Å². The Morgan fingerprint density at radius 3 is 2.65 bits per heavy atom. The summed E-state index contributed by atoms with van der Waals surface area (Å²) >= 11 is 0. The van der Waals surface area contributed by atoms with Gasteiger partial charge in [-0.1, -0.05) is 44.2 Å². The fraction of sp³-hybridized carbons (Fsp3) is 0.533. The predicted molar refractivity (Wildman–Crippen MR) is 70.0 cm³/mol. The lowest BCUT2D eigenvalue weighted by Crippen LogP contribution is -2.15. The fourth-order valence-corrected chi connectivity index (χ4v) is 2.87. The molecule has 2 nitrogen and oxygen atoms in total. The monoisotopic (exact) mass is 231 g/mol. The molecule has 92 valence electrons. The van der Waals surface area contributed by atoms with E-state index in [1.165, 1.54) is 37.7 Å². The van der Waals surface area contributed by atoms with Gasteiger partial charge in [0.05, 0.1) is 0 Å². The van der Waals surface area contributed by atoms with Crippen molar-refractivity contribution in [3.63, 3.8) is 0 Å². The van der Waals surface area contributed by atoms with Crippen LogP contribution in [0.25, 0.3) is 0 Å². The minimum Gasteiger partial charge on any atom is -0.366 e. The SMILES string of the molecule is Cc1c(CC2CCCCC2)cccc1C(N)=O. The second kappa shape index (κ2) is 5.35. The molecule has 1 aliphatic rings. The van der Waals surface area contributed by atoms with Crippen LogP contribution in [0.4, 0.5) is 0 Å². The van der Waals surface area contributed by atoms with Gasteiger partial charge in [0.2, 0.25) is 5.91 Å². The summed E-state index contributed by atoms with van der Waals surface area (Å²) in [4.78, 5) is 11.3. The van der Waals surface area contributed by atoms with E-state index in [1.807, 2.05) is 19.1 Å².